The van der Waals surface area contributed by atoms with Crippen LogP contribution in [0.1, 0.15) is 18.9 Å². The Bertz CT molecular complexity index is 424. The first-order valence-electron chi connectivity index (χ1n) is 5.26. The summed E-state index contributed by atoms with van der Waals surface area (Å²) in [6, 6.07) is 10.6. The highest BCUT2D eigenvalue weighted by molar-refractivity contribution is 5.62. The predicted octanol–water partition coefficient (Wildman–Crippen LogP) is 3.10. The second-order valence-electron chi connectivity index (χ2n) is 3.58. The van der Waals surface area contributed by atoms with Gasteiger partial charge in [0.15, 0.2) is 0 Å². The highest BCUT2D eigenvalue weighted by atomic mass is 15.1. The fraction of sp³-hybridized carbons (Fsp3) is 0.231. The summed E-state index contributed by atoms with van der Waals surface area (Å²) in [6.45, 7) is 2.20. The fourth-order valence-corrected chi connectivity index (χ4v) is 1.66. The number of benzene rings is 1. The SMILES string of the molecule is CCCc1cccc(-c2ccnnc2)c1. The number of hydrogen-bond acceptors (Lipinski definition) is 2. The van der Waals surface area contributed by atoms with Crippen LogP contribution < -0.4 is 0 Å². The fourth-order valence-electron chi connectivity index (χ4n) is 1.66. The first-order chi connectivity index (χ1) is 7.40. The molecule has 0 N–H and O–H groups in total. The molecule has 15 heavy (non-hydrogen) atoms. The average Bonchev–Trinajstić information content (AvgIpc) is 2.31. The lowest BCUT2D eigenvalue weighted by Crippen LogP contribution is -1.86. The Morgan fingerprint density at radius 2 is 2.00 bits per heavy atom. The van der Waals surface area contributed by atoms with Crippen molar-refractivity contribution in [2.45, 2.75) is 19.8 Å². The summed E-state index contributed by atoms with van der Waals surface area (Å²) in [5.74, 6) is 0. The molecule has 2 rings (SSSR count). The number of aromatic nitrogens is 2. The smallest absolute Gasteiger partial charge is 0.0574 e. The summed E-state index contributed by atoms with van der Waals surface area (Å²) in [6.07, 6.45) is 5.83. The van der Waals surface area contributed by atoms with Gasteiger partial charge in [0.05, 0.1) is 12.4 Å². The molecule has 2 aromatic rings. The average molecular weight is 198 g/mol. The molecule has 2 heteroatoms. The zero-order valence-electron chi connectivity index (χ0n) is 8.85. The molecule has 0 aliphatic rings. The van der Waals surface area contributed by atoms with Gasteiger partial charge in [-0.25, -0.2) is 0 Å². The zero-order valence-corrected chi connectivity index (χ0v) is 8.85. The van der Waals surface area contributed by atoms with Gasteiger partial charge >= 0.3 is 0 Å². The van der Waals surface area contributed by atoms with Crippen LogP contribution in [0.2, 0.25) is 0 Å². The van der Waals surface area contributed by atoms with Crippen LogP contribution in [0.15, 0.2) is 42.7 Å². The van der Waals surface area contributed by atoms with E-state index in [1.165, 1.54) is 17.5 Å². The highest BCUT2D eigenvalue weighted by Crippen LogP contribution is 2.19. The predicted molar refractivity (Wildman–Crippen MR) is 61.5 cm³/mol. The van der Waals surface area contributed by atoms with Crippen molar-refractivity contribution in [3.05, 3.63) is 48.3 Å². The first kappa shape index (κ1) is 9.84. The van der Waals surface area contributed by atoms with Crippen molar-refractivity contribution in [2.75, 3.05) is 0 Å². The summed E-state index contributed by atoms with van der Waals surface area (Å²) in [7, 11) is 0. The highest BCUT2D eigenvalue weighted by Gasteiger charge is 1.98. The third kappa shape index (κ3) is 2.40. The maximum Gasteiger partial charge on any atom is 0.0574 e. The van der Waals surface area contributed by atoms with Crippen molar-refractivity contribution in [1.29, 1.82) is 0 Å². The molecule has 0 saturated heterocycles. The molecule has 0 unspecified atom stereocenters. The van der Waals surface area contributed by atoms with Crippen molar-refractivity contribution in [3.63, 3.8) is 0 Å². The van der Waals surface area contributed by atoms with Gasteiger partial charge in [0.2, 0.25) is 0 Å². The lowest BCUT2D eigenvalue weighted by Gasteiger charge is -2.03. The van der Waals surface area contributed by atoms with Gasteiger partial charge in [-0.3, -0.25) is 0 Å². The minimum atomic E-state index is 1.13. The molecule has 0 radical (unpaired) electrons. The normalized spacial score (nSPS) is 10.2. The molecule has 1 heterocycles. The van der Waals surface area contributed by atoms with Gasteiger partial charge < -0.3 is 0 Å². The van der Waals surface area contributed by atoms with Crippen LogP contribution >= 0.6 is 0 Å². The number of hydrogen-bond donors (Lipinski definition) is 0. The summed E-state index contributed by atoms with van der Waals surface area (Å²) in [5, 5.41) is 7.67. The lowest BCUT2D eigenvalue weighted by molar-refractivity contribution is 0.922. The molecular weight excluding hydrogens is 184 g/mol. The van der Waals surface area contributed by atoms with E-state index in [9.17, 15) is 0 Å². The van der Waals surface area contributed by atoms with Crippen molar-refractivity contribution in [3.8, 4) is 11.1 Å². The van der Waals surface area contributed by atoms with Gasteiger partial charge in [0.25, 0.3) is 0 Å². The topological polar surface area (TPSA) is 25.8 Å². The van der Waals surface area contributed by atoms with E-state index in [0.29, 0.717) is 0 Å². The minimum Gasteiger partial charge on any atom is -0.159 e. The van der Waals surface area contributed by atoms with Crippen LogP contribution in [0.3, 0.4) is 0 Å². The summed E-state index contributed by atoms with van der Waals surface area (Å²) in [4.78, 5) is 0. The Hall–Kier alpha value is -1.70. The zero-order chi connectivity index (χ0) is 10.5. The Morgan fingerprint density at radius 3 is 2.73 bits per heavy atom. The van der Waals surface area contributed by atoms with E-state index >= 15 is 0 Å². The molecule has 1 aromatic carbocycles. The molecule has 2 nitrogen and oxygen atoms in total. The van der Waals surface area contributed by atoms with Gasteiger partial charge in [-0.05, 0) is 23.6 Å². The molecule has 0 fully saturated rings. The Kier molecular flexibility index (Phi) is 3.08. The van der Waals surface area contributed by atoms with Crippen LogP contribution in [0.5, 0.6) is 0 Å². The van der Waals surface area contributed by atoms with Gasteiger partial charge in [0, 0.05) is 5.56 Å². The Labute approximate surface area is 90.0 Å². The third-order valence-electron chi connectivity index (χ3n) is 2.38. The first-order valence-corrected chi connectivity index (χ1v) is 5.26. The maximum atomic E-state index is 3.89. The van der Waals surface area contributed by atoms with E-state index < -0.39 is 0 Å². The quantitative estimate of drug-likeness (QED) is 0.757. The molecule has 76 valence electrons. The van der Waals surface area contributed by atoms with E-state index in [1.807, 2.05) is 6.07 Å². The molecule has 0 saturated carbocycles. The summed E-state index contributed by atoms with van der Waals surface area (Å²) in [5.41, 5.74) is 3.73. The second-order valence-corrected chi connectivity index (χ2v) is 3.58. The molecule has 1 aromatic heterocycles. The molecule has 0 aliphatic carbocycles. The molecule has 0 amide bonds. The van der Waals surface area contributed by atoms with Crippen molar-refractivity contribution >= 4 is 0 Å². The Balaban J connectivity index is 2.33. The lowest BCUT2D eigenvalue weighted by atomic mass is 10.0. The standard InChI is InChI=1S/C13H14N2/c1-2-4-11-5-3-6-12(9-11)13-7-8-14-15-10-13/h3,5-10H,2,4H2,1H3. The molecular formula is C13H14N2. The molecule has 0 atom stereocenters. The van der Waals surface area contributed by atoms with Crippen molar-refractivity contribution in [1.82, 2.24) is 10.2 Å². The van der Waals surface area contributed by atoms with Crippen LogP contribution in [-0.2, 0) is 6.42 Å². The molecule has 0 bridgehead atoms. The van der Waals surface area contributed by atoms with Gasteiger partial charge in [-0.2, -0.15) is 10.2 Å². The van der Waals surface area contributed by atoms with Crippen LogP contribution in [0.4, 0.5) is 0 Å². The molecule has 0 aliphatic heterocycles. The number of aryl methyl sites for hydroxylation is 1. The van der Waals surface area contributed by atoms with Crippen LogP contribution in [0, 0.1) is 0 Å². The number of nitrogens with zero attached hydrogens (tertiary/aromatic N) is 2. The molecule has 0 spiro atoms. The third-order valence-corrected chi connectivity index (χ3v) is 2.38. The number of rotatable bonds is 3. The van der Waals surface area contributed by atoms with E-state index in [2.05, 4.69) is 41.4 Å². The van der Waals surface area contributed by atoms with E-state index in [-0.39, 0.29) is 0 Å². The van der Waals surface area contributed by atoms with Gasteiger partial charge in [-0.1, -0.05) is 37.6 Å². The minimum absolute atomic E-state index is 1.13. The second kappa shape index (κ2) is 4.69. The summed E-state index contributed by atoms with van der Waals surface area (Å²) < 4.78 is 0. The maximum absolute atomic E-state index is 3.89. The monoisotopic (exact) mass is 198 g/mol. The van der Waals surface area contributed by atoms with Crippen LogP contribution in [-0.4, -0.2) is 10.2 Å². The van der Waals surface area contributed by atoms with Gasteiger partial charge in [0.1, 0.15) is 0 Å². The van der Waals surface area contributed by atoms with E-state index in [4.69, 9.17) is 0 Å². The van der Waals surface area contributed by atoms with E-state index in [0.717, 1.165) is 12.0 Å². The Morgan fingerprint density at radius 1 is 1.07 bits per heavy atom. The van der Waals surface area contributed by atoms with Crippen LogP contribution in [0.25, 0.3) is 11.1 Å². The summed E-state index contributed by atoms with van der Waals surface area (Å²) >= 11 is 0. The van der Waals surface area contributed by atoms with Crippen molar-refractivity contribution in [2.24, 2.45) is 0 Å². The largest absolute Gasteiger partial charge is 0.159 e. The van der Waals surface area contributed by atoms with Gasteiger partial charge in [-0.15, -0.1) is 0 Å². The van der Waals surface area contributed by atoms with Crippen molar-refractivity contribution < 1.29 is 0 Å². The van der Waals surface area contributed by atoms with E-state index in [1.54, 1.807) is 12.4 Å².